The van der Waals surface area contributed by atoms with E-state index in [4.69, 9.17) is 4.52 Å². The zero-order valence-electron chi connectivity index (χ0n) is 12.9. The number of hydrogen-bond acceptors (Lipinski definition) is 6. The highest BCUT2D eigenvalue weighted by atomic mass is 16.5. The lowest BCUT2D eigenvalue weighted by molar-refractivity contribution is 0.144. The van der Waals surface area contributed by atoms with Crippen molar-refractivity contribution in [1.29, 1.82) is 0 Å². The minimum Gasteiger partial charge on any atom is -0.334 e. The molecule has 0 radical (unpaired) electrons. The Balaban J connectivity index is 1.65. The van der Waals surface area contributed by atoms with Crippen LogP contribution in [0.5, 0.6) is 0 Å². The van der Waals surface area contributed by atoms with E-state index in [2.05, 4.69) is 45.9 Å². The van der Waals surface area contributed by atoms with E-state index in [1.165, 1.54) is 0 Å². The summed E-state index contributed by atoms with van der Waals surface area (Å²) < 4.78 is 7.24. The van der Waals surface area contributed by atoms with Gasteiger partial charge in [0.05, 0.1) is 18.3 Å². The molecule has 0 saturated carbocycles. The van der Waals surface area contributed by atoms with Crippen LogP contribution in [0.1, 0.15) is 25.7 Å². The van der Waals surface area contributed by atoms with Crippen molar-refractivity contribution in [2.75, 3.05) is 33.2 Å². The highest BCUT2D eigenvalue weighted by Crippen LogP contribution is 2.18. The third kappa shape index (κ3) is 3.30. The average Bonchev–Trinajstić information content (AvgIpc) is 3.10. The third-order valence-electron chi connectivity index (χ3n) is 3.81. The van der Waals surface area contributed by atoms with Gasteiger partial charge < -0.3 is 9.42 Å². The Morgan fingerprint density at radius 1 is 1.24 bits per heavy atom. The molecule has 0 aromatic carbocycles. The fraction of sp³-hybridized carbons (Fsp3) is 0.643. The predicted octanol–water partition coefficient (Wildman–Crippen LogP) is 1.26. The minimum absolute atomic E-state index is 0.325. The lowest BCUT2D eigenvalue weighted by Gasteiger charge is -2.31. The van der Waals surface area contributed by atoms with Gasteiger partial charge >= 0.3 is 0 Å². The molecule has 0 aliphatic carbocycles. The van der Waals surface area contributed by atoms with Crippen LogP contribution in [-0.2, 0) is 6.54 Å². The first kappa shape index (κ1) is 14.2. The SMILES string of the molecule is CC(C)n1cc(-c2nc(CN3CCN(C)CC3)no2)cn1. The van der Waals surface area contributed by atoms with Crippen molar-refractivity contribution in [3.05, 3.63) is 18.2 Å². The third-order valence-corrected chi connectivity index (χ3v) is 3.81. The Kier molecular flexibility index (Phi) is 4.03. The maximum Gasteiger partial charge on any atom is 0.261 e. The maximum atomic E-state index is 5.35. The molecule has 1 saturated heterocycles. The summed E-state index contributed by atoms with van der Waals surface area (Å²) in [5, 5.41) is 8.38. The van der Waals surface area contributed by atoms with Crippen LogP contribution < -0.4 is 0 Å². The van der Waals surface area contributed by atoms with Crippen LogP contribution in [0.4, 0.5) is 0 Å². The molecule has 0 unspecified atom stereocenters. The zero-order chi connectivity index (χ0) is 14.8. The Morgan fingerprint density at radius 3 is 2.67 bits per heavy atom. The van der Waals surface area contributed by atoms with E-state index < -0.39 is 0 Å². The normalized spacial score (nSPS) is 17.7. The van der Waals surface area contributed by atoms with Crippen molar-refractivity contribution in [2.45, 2.75) is 26.4 Å². The molecule has 0 N–H and O–H groups in total. The summed E-state index contributed by atoms with van der Waals surface area (Å²) in [6.07, 6.45) is 3.71. The highest BCUT2D eigenvalue weighted by molar-refractivity contribution is 5.49. The monoisotopic (exact) mass is 290 g/mol. The van der Waals surface area contributed by atoms with Gasteiger partial charge in [-0.2, -0.15) is 10.1 Å². The van der Waals surface area contributed by atoms with Gasteiger partial charge in [-0.1, -0.05) is 5.16 Å². The van der Waals surface area contributed by atoms with E-state index in [0.29, 0.717) is 11.9 Å². The summed E-state index contributed by atoms with van der Waals surface area (Å²) in [5.74, 6) is 1.29. The molecule has 1 aliphatic rings. The van der Waals surface area contributed by atoms with Crippen molar-refractivity contribution in [2.24, 2.45) is 0 Å². The van der Waals surface area contributed by atoms with Gasteiger partial charge in [0.15, 0.2) is 5.82 Å². The molecule has 2 aromatic heterocycles. The first-order valence-corrected chi connectivity index (χ1v) is 7.40. The van der Waals surface area contributed by atoms with Gasteiger partial charge in [-0.05, 0) is 20.9 Å². The Morgan fingerprint density at radius 2 is 2.00 bits per heavy atom. The van der Waals surface area contributed by atoms with Gasteiger partial charge in [0.25, 0.3) is 5.89 Å². The second-order valence-electron chi connectivity index (χ2n) is 5.90. The molecule has 2 aromatic rings. The number of aromatic nitrogens is 4. The molecule has 21 heavy (non-hydrogen) atoms. The molecule has 0 atom stereocenters. The summed E-state index contributed by atoms with van der Waals surface area (Å²) in [4.78, 5) is 9.17. The molecule has 0 amide bonds. The summed E-state index contributed by atoms with van der Waals surface area (Å²) in [6, 6.07) is 0.325. The van der Waals surface area contributed by atoms with Gasteiger partial charge in [-0.25, -0.2) is 0 Å². The summed E-state index contributed by atoms with van der Waals surface area (Å²) in [6.45, 7) is 9.19. The van der Waals surface area contributed by atoms with Crippen LogP contribution in [-0.4, -0.2) is 62.9 Å². The largest absolute Gasteiger partial charge is 0.334 e. The fourth-order valence-corrected chi connectivity index (χ4v) is 2.37. The molecular formula is C14H22N6O. The maximum absolute atomic E-state index is 5.35. The number of piperazine rings is 1. The van der Waals surface area contributed by atoms with Crippen molar-refractivity contribution in [3.63, 3.8) is 0 Å². The van der Waals surface area contributed by atoms with Crippen LogP contribution in [0.3, 0.4) is 0 Å². The summed E-state index contributed by atoms with van der Waals surface area (Å²) in [5.41, 5.74) is 0.876. The van der Waals surface area contributed by atoms with E-state index in [1.54, 1.807) is 6.20 Å². The smallest absolute Gasteiger partial charge is 0.261 e. The number of likely N-dealkylation sites (N-methyl/N-ethyl adjacent to an activating group) is 1. The predicted molar refractivity (Wildman–Crippen MR) is 78.7 cm³/mol. The van der Waals surface area contributed by atoms with Gasteiger partial charge in [0, 0.05) is 38.4 Å². The van der Waals surface area contributed by atoms with Crippen LogP contribution in [0.25, 0.3) is 11.5 Å². The lowest BCUT2D eigenvalue weighted by Crippen LogP contribution is -2.44. The summed E-state index contributed by atoms with van der Waals surface area (Å²) >= 11 is 0. The van der Waals surface area contributed by atoms with E-state index in [-0.39, 0.29) is 0 Å². The van der Waals surface area contributed by atoms with Gasteiger partial charge in [-0.15, -0.1) is 0 Å². The highest BCUT2D eigenvalue weighted by Gasteiger charge is 2.17. The molecule has 0 spiro atoms. The average molecular weight is 290 g/mol. The number of rotatable bonds is 4. The number of hydrogen-bond donors (Lipinski definition) is 0. The first-order chi connectivity index (χ1) is 10.1. The molecule has 1 fully saturated rings. The molecule has 3 rings (SSSR count). The fourth-order valence-electron chi connectivity index (χ4n) is 2.37. The van der Waals surface area contributed by atoms with Crippen LogP contribution in [0, 0.1) is 0 Å². The van der Waals surface area contributed by atoms with E-state index in [0.717, 1.165) is 44.1 Å². The molecule has 114 valence electrons. The Bertz CT molecular complexity index is 582. The second-order valence-corrected chi connectivity index (χ2v) is 5.90. The van der Waals surface area contributed by atoms with Crippen molar-refractivity contribution < 1.29 is 4.52 Å². The topological polar surface area (TPSA) is 63.2 Å². The van der Waals surface area contributed by atoms with E-state index >= 15 is 0 Å². The molecule has 3 heterocycles. The Hall–Kier alpha value is -1.73. The van der Waals surface area contributed by atoms with E-state index in [9.17, 15) is 0 Å². The minimum atomic E-state index is 0.325. The molecule has 0 bridgehead atoms. The van der Waals surface area contributed by atoms with Crippen LogP contribution in [0.2, 0.25) is 0 Å². The second kappa shape index (κ2) is 5.95. The van der Waals surface area contributed by atoms with E-state index in [1.807, 2.05) is 10.9 Å². The molecule has 7 nitrogen and oxygen atoms in total. The number of nitrogens with zero attached hydrogens (tertiary/aromatic N) is 6. The molecule has 1 aliphatic heterocycles. The standard InChI is InChI=1S/C14H22N6O/c1-11(2)20-9-12(8-15-20)14-16-13(17-21-14)10-19-6-4-18(3)5-7-19/h8-9,11H,4-7,10H2,1-3H3. The zero-order valence-corrected chi connectivity index (χ0v) is 12.9. The quantitative estimate of drug-likeness (QED) is 0.845. The summed E-state index contributed by atoms with van der Waals surface area (Å²) in [7, 11) is 2.15. The first-order valence-electron chi connectivity index (χ1n) is 7.40. The van der Waals surface area contributed by atoms with Gasteiger partial charge in [0.2, 0.25) is 0 Å². The van der Waals surface area contributed by atoms with Crippen molar-refractivity contribution in [1.82, 2.24) is 29.7 Å². The van der Waals surface area contributed by atoms with Crippen LogP contribution >= 0.6 is 0 Å². The van der Waals surface area contributed by atoms with Gasteiger partial charge in [-0.3, -0.25) is 9.58 Å². The lowest BCUT2D eigenvalue weighted by atomic mass is 10.3. The van der Waals surface area contributed by atoms with Gasteiger partial charge in [0.1, 0.15) is 0 Å². The van der Waals surface area contributed by atoms with Crippen LogP contribution in [0.15, 0.2) is 16.9 Å². The van der Waals surface area contributed by atoms with Crippen molar-refractivity contribution in [3.8, 4) is 11.5 Å². The molecule has 7 heteroatoms. The molecular weight excluding hydrogens is 268 g/mol. The Labute approximate surface area is 124 Å². The van der Waals surface area contributed by atoms with Crippen molar-refractivity contribution >= 4 is 0 Å².